The van der Waals surface area contributed by atoms with Crippen molar-refractivity contribution >= 4 is 52.5 Å². The molecule has 0 aliphatic heterocycles. The van der Waals surface area contributed by atoms with E-state index in [9.17, 15) is 13.2 Å². The molecule has 0 atom stereocenters. The highest BCUT2D eigenvalue weighted by Crippen LogP contribution is 2.30. The molecule has 6 nitrogen and oxygen atoms in total. The Hall–Kier alpha value is -1.49. The molecule has 0 bridgehead atoms. The van der Waals surface area contributed by atoms with Gasteiger partial charge in [-0.25, -0.2) is 4.98 Å². The second-order valence-corrected chi connectivity index (χ2v) is 8.42. The standard InChI is InChI=1S/C20H25BrF3N5O.2ClH/c1-29(2)18-9-10-25-19(28-18)27-16-7-5-15(6-8-16)26-12-13-3-4-14(21)11-17(13)30-20(22,23)24;;/h3-4,9-11,15-16,26H,5-8,12H2,1-2H3,(H,25,27,28);2*1H. The molecule has 12 heteroatoms. The summed E-state index contributed by atoms with van der Waals surface area (Å²) >= 11 is 3.19. The zero-order chi connectivity index (χ0) is 21.7. The molecule has 3 rings (SSSR count). The number of nitrogens with zero attached hydrogens (tertiary/aromatic N) is 3. The lowest BCUT2D eigenvalue weighted by Crippen LogP contribution is -2.37. The molecule has 2 N–H and O–H groups in total. The van der Waals surface area contributed by atoms with Crippen molar-refractivity contribution < 1.29 is 17.9 Å². The molecular formula is C20H27BrCl2F3N5O. The third-order valence-corrected chi connectivity index (χ3v) is 5.49. The summed E-state index contributed by atoms with van der Waals surface area (Å²) in [5, 5.41) is 6.75. The lowest BCUT2D eigenvalue weighted by molar-refractivity contribution is -0.274. The van der Waals surface area contributed by atoms with E-state index in [1.807, 2.05) is 25.1 Å². The van der Waals surface area contributed by atoms with Crippen LogP contribution in [0.4, 0.5) is 24.9 Å². The Kier molecular flexibility index (Phi) is 11.3. The number of aromatic nitrogens is 2. The van der Waals surface area contributed by atoms with Gasteiger partial charge in [0, 0.05) is 49.0 Å². The minimum Gasteiger partial charge on any atom is -0.405 e. The Balaban J connectivity index is 0.00000256. The average Bonchev–Trinajstić information content (AvgIpc) is 2.67. The predicted molar refractivity (Wildman–Crippen MR) is 128 cm³/mol. The minimum atomic E-state index is -4.72. The van der Waals surface area contributed by atoms with Gasteiger partial charge < -0.3 is 20.3 Å². The second-order valence-electron chi connectivity index (χ2n) is 7.51. The van der Waals surface area contributed by atoms with Gasteiger partial charge in [-0.2, -0.15) is 4.98 Å². The number of benzene rings is 1. The van der Waals surface area contributed by atoms with Crippen molar-refractivity contribution in [3.05, 3.63) is 40.5 Å². The molecule has 1 aliphatic rings. The molecule has 180 valence electrons. The number of halogens is 6. The van der Waals surface area contributed by atoms with Crippen LogP contribution in [0.15, 0.2) is 34.9 Å². The molecule has 0 radical (unpaired) electrons. The first-order chi connectivity index (χ1) is 14.2. The van der Waals surface area contributed by atoms with Gasteiger partial charge in [0.05, 0.1) is 0 Å². The topological polar surface area (TPSA) is 62.3 Å². The summed E-state index contributed by atoms with van der Waals surface area (Å²) < 4.78 is 42.7. The molecule has 1 aliphatic carbocycles. The van der Waals surface area contributed by atoms with Crippen LogP contribution in [0, 0.1) is 0 Å². The molecule has 0 saturated heterocycles. The van der Waals surface area contributed by atoms with E-state index in [2.05, 4.69) is 41.3 Å². The quantitative estimate of drug-likeness (QED) is 0.462. The summed E-state index contributed by atoms with van der Waals surface area (Å²) in [5.41, 5.74) is 0.477. The fraction of sp³-hybridized carbons (Fsp3) is 0.500. The molecule has 2 aromatic rings. The number of hydrogen-bond donors (Lipinski definition) is 2. The fourth-order valence-corrected chi connectivity index (χ4v) is 3.78. The van der Waals surface area contributed by atoms with E-state index < -0.39 is 6.36 Å². The number of hydrogen-bond acceptors (Lipinski definition) is 6. The Morgan fingerprint density at radius 3 is 2.38 bits per heavy atom. The summed E-state index contributed by atoms with van der Waals surface area (Å²) in [6.07, 6.45) is 0.703. The van der Waals surface area contributed by atoms with Crippen molar-refractivity contribution in [2.45, 2.75) is 50.7 Å². The Labute approximate surface area is 206 Å². The van der Waals surface area contributed by atoms with E-state index in [0.29, 0.717) is 22.5 Å². The largest absolute Gasteiger partial charge is 0.573 e. The lowest BCUT2D eigenvalue weighted by atomic mass is 9.91. The third-order valence-electron chi connectivity index (χ3n) is 5.00. The molecule has 1 heterocycles. The first-order valence-electron chi connectivity index (χ1n) is 9.74. The number of rotatable bonds is 7. The lowest BCUT2D eigenvalue weighted by Gasteiger charge is -2.30. The van der Waals surface area contributed by atoms with Gasteiger partial charge in [0.1, 0.15) is 11.6 Å². The van der Waals surface area contributed by atoms with Crippen LogP contribution in [0.2, 0.25) is 0 Å². The highest BCUT2D eigenvalue weighted by molar-refractivity contribution is 9.10. The summed E-state index contributed by atoms with van der Waals surface area (Å²) in [6.45, 7) is 0.315. The van der Waals surface area contributed by atoms with Gasteiger partial charge in [-0.15, -0.1) is 38.0 Å². The Bertz CT molecular complexity index is 852. The first kappa shape index (κ1) is 28.5. The molecule has 0 unspecified atom stereocenters. The van der Waals surface area contributed by atoms with E-state index in [1.165, 1.54) is 6.07 Å². The molecule has 32 heavy (non-hydrogen) atoms. The maximum atomic E-state index is 12.7. The Morgan fingerprint density at radius 1 is 1.09 bits per heavy atom. The summed E-state index contributed by atoms with van der Waals surface area (Å²) in [7, 11) is 3.86. The normalized spacial score (nSPS) is 18.2. The molecule has 1 aromatic heterocycles. The van der Waals surface area contributed by atoms with Gasteiger partial charge in [-0.05, 0) is 43.9 Å². The zero-order valence-electron chi connectivity index (χ0n) is 17.7. The number of alkyl halides is 3. The van der Waals surface area contributed by atoms with E-state index >= 15 is 0 Å². The SMILES string of the molecule is CN(C)c1ccnc(NC2CCC(NCc3ccc(Br)cc3OC(F)(F)F)CC2)n1.Cl.Cl. The predicted octanol–water partition coefficient (Wildman–Crippen LogP) is 5.56. The van der Waals surface area contributed by atoms with Crippen LogP contribution in [0.5, 0.6) is 5.75 Å². The van der Waals surface area contributed by atoms with Gasteiger partial charge in [-0.3, -0.25) is 0 Å². The van der Waals surface area contributed by atoms with Crippen molar-refractivity contribution in [3.63, 3.8) is 0 Å². The monoisotopic (exact) mass is 559 g/mol. The fourth-order valence-electron chi connectivity index (χ4n) is 3.44. The van der Waals surface area contributed by atoms with Gasteiger partial charge >= 0.3 is 6.36 Å². The third kappa shape index (κ3) is 8.80. The highest BCUT2D eigenvalue weighted by atomic mass is 79.9. The molecule has 1 fully saturated rings. The zero-order valence-corrected chi connectivity index (χ0v) is 20.9. The second kappa shape index (κ2) is 12.7. The van der Waals surface area contributed by atoms with E-state index in [0.717, 1.165) is 31.5 Å². The van der Waals surface area contributed by atoms with Crippen molar-refractivity contribution in [3.8, 4) is 5.75 Å². The molecular weight excluding hydrogens is 534 g/mol. The Morgan fingerprint density at radius 2 is 1.75 bits per heavy atom. The van der Waals surface area contributed by atoms with Crippen LogP contribution in [-0.4, -0.2) is 42.5 Å². The molecule has 0 amide bonds. The molecule has 0 spiro atoms. The van der Waals surface area contributed by atoms with Crippen molar-refractivity contribution in [2.75, 3.05) is 24.3 Å². The van der Waals surface area contributed by atoms with Gasteiger partial charge in [0.25, 0.3) is 0 Å². The summed E-state index contributed by atoms with van der Waals surface area (Å²) in [6, 6.07) is 7.05. The van der Waals surface area contributed by atoms with Crippen LogP contribution >= 0.6 is 40.7 Å². The summed E-state index contributed by atoms with van der Waals surface area (Å²) in [4.78, 5) is 10.7. The smallest absolute Gasteiger partial charge is 0.405 e. The van der Waals surface area contributed by atoms with Crippen molar-refractivity contribution in [1.29, 1.82) is 0 Å². The highest BCUT2D eigenvalue weighted by Gasteiger charge is 2.32. The maximum Gasteiger partial charge on any atom is 0.573 e. The van der Waals surface area contributed by atoms with Crippen LogP contribution in [-0.2, 0) is 6.54 Å². The van der Waals surface area contributed by atoms with E-state index in [-0.39, 0.29) is 42.6 Å². The first-order valence-corrected chi connectivity index (χ1v) is 10.5. The van der Waals surface area contributed by atoms with Crippen LogP contribution in [0.3, 0.4) is 0 Å². The van der Waals surface area contributed by atoms with Crippen LogP contribution < -0.4 is 20.3 Å². The van der Waals surface area contributed by atoms with Crippen molar-refractivity contribution in [1.82, 2.24) is 15.3 Å². The molecule has 1 aromatic carbocycles. The minimum absolute atomic E-state index is 0. The van der Waals surface area contributed by atoms with Crippen molar-refractivity contribution in [2.24, 2.45) is 0 Å². The number of ether oxygens (including phenoxy) is 1. The maximum absolute atomic E-state index is 12.7. The van der Waals surface area contributed by atoms with Gasteiger partial charge in [-0.1, -0.05) is 22.0 Å². The van der Waals surface area contributed by atoms with E-state index in [1.54, 1.807) is 18.3 Å². The van der Waals surface area contributed by atoms with Crippen LogP contribution in [0.1, 0.15) is 31.2 Å². The summed E-state index contributed by atoms with van der Waals surface area (Å²) in [5.74, 6) is 1.27. The number of nitrogens with one attached hydrogen (secondary N) is 2. The van der Waals surface area contributed by atoms with E-state index in [4.69, 9.17) is 0 Å². The molecule has 1 saturated carbocycles. The number of anilines is 2. The van der Waals surface area contributed by atoms with Gasteiger partial charge in [0.15, 0.2) is 0 Å². The average molecular weight is 561 g/mol. The van der Waals surface area contributed by atoms with Gasteiger partial charge in [0.2, 0.25) is 5.95 Å². The van der Waals surface area contributed by atoms with Crippen LogP contribution in [0.25, 0.3) is 0 Å².